The Labute approximate surface area is 197 Å². The molecule has 2 amide bonds. The Balaban J connectivity index is 1.22. The van der Waals surface area contributed by atoms with E-state index < -0.39 is 0 Å². The maximum atomic E-state index is 12.8. The number of nitriles is 2. The van der Waals surface area contributed by atoms with Crippen LogP contribution >= 0.6 is 23.5 Å². The molecule has 0 spiro atoms. The molecule has 4 bridgehead atoms. The molecule has 6 aliphatic rings. The van der Waals surface area contributed by atoms with E-state index in [1.54, 1.807) is 33.3 Å². The predicted molar refractivity (Wildman–Crippen MR) is 123 cm³/mol. The van der Waals surface area contributed by atoms with Crippen LogP contribution in [0.2, 0.25) is 0 Å². The van der Waals surface area contributed by atoms with Gasteiger partial charge in [-0.1, -0.05) is 0 Å². The molecule has 6 fully saturated rings. The van der Waals surface area contributed by atoms with Gasteiger partial charge in [0.05, 0.1) is 37.0 Å². The number of nitrogens with zero attached hydrogens (tertiary/aromatic N) is 4. The first-order valence-electron chi connectivity index (χ1n) is 11.5. The maximum Gasteiger partial charge on any atom is 0.238 e. The van der Waals surface area contributed by atoms with E-state index in [9.17, 15) is 20.1 Å². The van der Waals surface area contributed by atoms with Gasteiger partial charge in [0.25, 0.3) is 0 Å². The summed E-state index contributed by atoms with van der Waals surface area (Å²) < 4.78 is 0. The van der Waals surface area contributed by atoms with Gasteiger partial charge in [0.1, 0.15) is 12.1 Å². The lowest BCUT2D eigenvalue weighted by molar-refractivity contribution is -0.132. The fraction of sp³-hybridized carbons (Fsp3) is 0.818. The molecule has 2 N–H and O–H groups in total. The first-order chi connectivity index (χ1) is 15.4. The maximum absolute atomic E-state index is 12.8. The standard InChI is InChI=1S/C22H30N6O2S2/c23-6-17-10-31-13-27(17)19(29)8-25-21-2-15-1-16(4-21)5-22(3-15,12-21)26-9-20(30)28-14-32-11-18(28)7-24/h15-18,25-26H,1-5,8-14H2/t15?,16?,17-,18-,21?,22?/m1/s1. The summed E-state index contributed by atoms with van der Waals surface area (Å²) in [6.07, 6.45) is 6.52. The van der Waals surface area contributed by atoms with E-state index in [1.165, 1.54) is 6.42 Å². The van der Waals surface area contributed by atoms with Crippen molar-refractivity contribution in [2.75, 3.05) is 36.3 Å². The molecule has 4 aliphatic carbocycles. The van der Waals surface area contributed by atoms with Gasteiger partial charge in [-0.15, -0.1) is 23.5 Å². The highest BCUT2D eigenvalue weighted by molar-refractivity contribution is 7.99. The second-order valence-electron chi connectivity index (χ2n) is 10.2. The van der Waals surface area contributed by atoms with Crippen molar-refractivity contribution >= 4 is 35.3 Å². The molecular formula is C22H30N6O2S2. The first kappa shape index (κ1) is 22.3. The van der Waals surface area contributed by atoms with Crippen molar-refractivity contribution < 1.29 is 9.59 Å². The zero-order chi connectivity index (χ0) is 22.3. The Morgan fingerprint density at radius 3 is 1.69 bits per heavy atom. The van der Waals surface area contributed by atoms with Crippen molar-refractivity contribution in [2.45, 2.75) is 61.7 Å². The van der Waals surface area contributed by atoms with Crippen LogP contribution in [0.4, 0.5) is 0 Å². The molecule has 6 rings (SSSR count). The molecule has 4 saturated carbocycles. The SMILES string of the molecule is N#C[C@@H]1CSCN1C(=O)CNC12CC3CC(C1)CC(NCC(=O)N1CSC[C@H]1C#N)(C3)C2. The summed E-state index contributed by atoms with van der Waals surface area (Å²) in [7, 11) is 0. The number of amides is 2. The van der Waals surface area contributed by atoms with Gasteiger partial charge in [-0.05, 0) is 50.4 Å². The quantitative estimate of drug-likeness (QED) is 0.589. The lowest BCUT2D eigenvalue weighted by Gasteiger charge is -2.62. The van der Waals surface area contributed by atoms with Gasteiger partial charge in [-0.2, -0.15) is 10.5 Å². The summed E-state index contributed by atoms with van der Waals surface area (Å²) in [5.41, 5.74) is -0.132. The predicted octanol–water partition coefficient (Wildman–Crippen LogP) is 1.11. The third kappa shape index (κ3) is 4.11. The lowest BCUT2D eigenvalue weighted by atomic mass is 9.50. The Hall–Kier alpha value is -1.46. The van der Waals surface area contributed by atoms with E-state index in [4.69, 9.17) is 0 Å². The van der Waals surface area contributed by atoms with Crippen molar-refractivity contribution in [2.24, 2.45) is 11.8 Å². The highest BCUT2D eigenvalue weighted by atomic mass is 32.2. The number of hydrogen-bond acceptors (Lipinski definition) is 8. The number of rotatable bonds is 6. The molecule has 2 atom stereocenters. The van der Waals surface area contributed by atoms with Gasteiger partial charge in [-0.3, -0.25) is 9.59 Å². The average molecular weight is 475 g/mol. The minimum Gasteiger partial charge on any atom is -0.315 e. The van der Waals surface area contributed by atoms with Crippen molar-refractivity contribution in [1.82, 2.24) is 20.4 Å². The lowest BCUT2D eigenvalue weighted by Crippen LogP contribution is -2.69. The summed E-state index contributed by atoms with van der Waals surface area (Å²) in [6, 6.07) is 3.85. The van der Waals surface area contributed by atoms with Crippen molar-refractivity contribution in [1.29, 1.82) is 10.5 Å². The molecule has 32 heavy (non-hydrogen) atoms. The largest absolute Gasteiger partial charge is 0.315 e. The smallest absolute Gasteiger partial charge is 0.238 e. The molecule has 0 aromatic rings. The molecule has 8 nitrogen and oxygen atoms in total. The van der Waals surface area contributed by atoms with Crippen LogP contribution < -0.4 is 10.6 Å². The van der Waals surface area contributed by atoms with Crippen LogP contribution in [0.1, 0.15) is 38.5 Å². The van der Waals surface area contributed by atoms with Gasteiger partial charge < -0.3 is 20.4 Å². The van der Waals surface area contributed by atoms with Crippen LogP contribution in [0.25, 0.3) is 0 Å². The van der Waals surface area contributed by atoms with Crippen molar-refractivity contribution in [3.05, 3.63) is 0 Å². The zero-order valence-corrected chi connectivity index (χ0v) is 19.8. The van der Waals surface area contributed by atoms with Crippen LogP contribution in [0, 0.1) is 34.5 Å². The number of carbonyl (C=O) groups is 2. The van der Waals surface area contributed by atoms with E-state index in [2.05, 4.69) is 22.8 Å². The van der Waals surface area contributed by atoms with Gasteiger partial charge in [-0.25, -0.2) is 0 Å². The summed E-state index contributed by atoms with van der Waals surface area (Å²) >= 11 is 3.27. The van der Waals surface area contributed by atoms with Crippen LogP contribution in [-0.2, 0) is 9.59 Å². The highest BCUT2D eigenvalue weighted by Crippen LogP contribution is 2.57. The van der Waals surface area contributed by atoms with E-state index in [0.717, 1.165) is 32.1 Å². The molecule has 0 aromatic heterocycles. The van der Waals surface area contributed by atoms with Crippen LogP contribution in [0.3, 0.4) is 0 Å². The normalized spacial score (nSPS) is 39.8. The Kier molecular flexibility index (Phi) is 6.08. The number of nitrogens with one attached hydrogen (secondary N) is 2. The molecule has 10 heteroatoms. The fourth-order valence-electron chi connectivity index (χ4n) is 7.00. The Bertz CT molecular complexity index is 789. The second kappa shape index (κ2) is 8.72. The Morgan fingerprint density at radius 1 is 0.844 bits per heavy atom. The fourth-order valence-corrected chi connectivity index (χ4v) is 9.20. The molecule has 2 heterocycles. The van der Waals surface area contributed by atoms with Crippen LogP contribution in [0.5, 0.6) is 0 Å². The van der Waals surface area contributed by atoms with E-state index in [-0.39, 0.29) is 48.1 Å². The zero-order valence-electron chi connectivity index (χ0n) is 18.2. The highest BCUT2D eigenvalue weighted by Gasteiger charge is 2.57. The summed E-state index contributed by atoms with van der Waals surface area (Å²) in [4.78, 5) is 29.0. The minimum atomic E-state index is -0.314. The van der Waals surface area contributed by atoms with Gasteiger partial charge in [0.2, 0.25) is 11.8 Å². The number of hydrogen-bond donors (Lipinski definition) is 2. The van der Waals surface area contributed by atoms with Crippen LogP contribution in [-0.4, -0.2) is 81.1 Å². The molecule has 0 radical (unpaired) electrons. The molecular weight excluding hydrogens is 444 g/mol. The summed E-state index contributed by atoms with van der Waals surface area (Å²) in [5, 5.41) is 25.9. The van der Waals surface area contributed by atoms with E-state index >= 15 is 0 Å². The topological polar surface area (TPSA) is 112 Å². The molecule has 172 valence electrons. The first-order valence-corrected chi connectivity index (χ1v) is 13.8. The van der Waals surface area contributed by atoms with Gasteiger partial charge in [0, 0.05) is 22.6 Å². The second-order valence-corrected chi connectivity index (χ2v) is 12.2. The van der Waals surface area contributed by atoms with Crippen molar-refractivity contribution in [3.63, 3.8) is 0 Å². The molecule has 0 unspecified atom stereocenters. The summed E-state index contributed by atoms with van der Waals surface area (Å²) in [5.74, 6) is 3.86. The molecule has 0 aromatic carbocycles. The summed E-state index contributed by atoms with van der Waals surface area (Å²) in [6.45, 7) is 0.560. The van der Waals surface area contributed by atoms with E-state index in [1.807, 2.05) is 0 Å². The third-order valence-corrected chi connectivity index (χ3v) is 10.0. The van der Waals surface area contributed by atoms with E-state index in [0.29, 0.717) is 35.1 Å². The molecule has 2 saturated heterocycles. The average Bonchev–Trinajstić information content (AvgIpc) is 3.44. The van der Waals surface area contributed by atoms with Gasteiger partial charge in [0.15, 0.2) is 0 Å². The number of carbonyl (C=O) groups excluding carboxylic acids is 2. The minimum absolute atomic E-state index is 0.0172. The third-order valence-electron chi connectivity index (χ3n) is 7.99. The van der Waals surface area contributed by atoms with Crippen LogP contribution in [0.15, 0.2) is 0 Å². The Morgan fingerprint density at radius 2 is 1.28 bits per heavy atom. The monoisotopic (exact) mass is 474 g/mol. The van der Waals surface area contributed by atoms with Crippen molar-refractivity contribution in [3.8, 4) is 12.1 Å². The number of thioether (sulfide) groups is 2. The molecule has 2 aliphatic heterocycles. The van der Waals surface area contributed by atoms with Gasteiger partial charge >= 0.3 is 0 Å².